The molecule has 3 aromatic rings. The van der Waals surface area contributed by atoms with Gasteiger partial charge in [-0.15, -0.1) is 5.10 Å². The van der Waals surface area contributed by atoms with Crippen molar-refractivity contribution in [1.82, 2.24) is 20.5 Å². The van der Waals surface area contributed by atoms with Crippen molar-refractivity contribution in [2.75, 3.05) is 11.9 Å². The number of aromatic amines is 1. The molecule has 32 heavy (non-hydrogen) atoms. The molecule has 0 saturated heterocycles. The summed E-state index contributed by atoms with van der Waals surface area (Å²) in [5, 5.41) is 19.8. The first-order valence-corrected chi connectivity index (χ1v) is 10.1. The van der Waals surface area contributed by atoms with Crippen LogP contribution < -0.4 is 10.6 Å². The number of carbonyl (C=O) groups is 3. The Morgan fingerprint density at radius 1 is 1.09 bits per heavy atom. The van der Waals surface area contributed by atoms with E-state index in [4.69, 9.17) is 9.84 Å². The molecule has 0 saturated carbocycles. The molecular formula is C22H21N5O5. The number of nitrogens with zero attached hydrogens (tertiary/aromatic N) is 2. The number of benzene rings is 2. The standard InChI is InChI=1S/C22H21N5O5/c1-2-17(20(29)30)23-19(28)18-24-21(27-26-18)25-22(31)32-11-16-14-9-5-3-7-12(14)13-8-4-6-10-15(13)16/h3-10,16-17H,2,11H2,1H3,(H,23,28)(H,29,30)(H2,24,25,26,27,31)/t17-/m1/s1. The fourth-order valence-electron chi connectivity index (χ4n) is 3.71. The van der Waals surface area contributed by atoms with E-state index in [0.717, 1.165) is 22.3 Å². The summed E-state index contributed by atoms with van der Waals surface area (Å²) >= 11 is 0. The minimum atomic E-state index is -1.16. The first-order valence-electron chi connectivity index (χ1n) is 10.1. The van der Waals surface area contributed by atoms with Crippen LogP contribution in [0.3, 0.4) is 0 Å². The second-order valence-corrected chi connectivity index (χ2v) is 7.23. The van der Waals surface area contributed by atoms with Crippen LogP contribution in [0.1, 0.15) is 41.0 Å². The number of carboxylic acids is 1. The lowest BCUT2D eigenvalue weighted by Crippen LogP contribution is -2.40. The van der Waals surface area contributed by atoms with Gasteiger partial charge < -0.3 is 15.2 Å². The Hall–Kier alpha value is -4.21. The number of aromatic nitrogens is 3. The minimum Gasteiger partial charge on any atom is -0.480 e. The predicted octanol–water partition coefficient (Wildman–Crippen LogP) is 2.76. The maximum atomic E-state index is 12.3. The molecule has 0 aliphatic heterocycles. The van der Waals surface area contributed by atoms with E-state index in [-0.39, 0.29) is 30.7 Å². The maximum Gasteiger partial charge on any atom is 0.414 e. The molecule has 1 aliphatic carbocycles. The van der Waals surface area contributed by atoms with E-state index < -0.39 is 24.0 Å². The van der Waals surface area contributed by atoms with Crippen LogP contribution in [0.15, 0.2) is 48.5 Å². The second kappa shape index (κ2) is 8.88. The van der Waals surface area contributed by atoms with Gasteiger partial charge in [-0.25, -0.2) is 9.59 Å². The quantitative estimate of drug-likeness (QED) is 0.446. The van der Waals surface area contributed by atoms with E-state index in [1.54, 1.807) is 6.92 Å². The maximum absolute atomic E-state index is 12.3. The van der Waals surface area contributed by atoms with Crippen molar-refractivity contribution in [1.29, 1.82) is 0 Å². The Balaban J connectivity index is 1.37. The highest BCUT2D eigenvalue weighted by Gasteiger charge is 2.29. The smallest absolute Gasteiger partial charge is 0.414 e. The van der Waals surface area contributed by atoms with E-state index in [1.165, 1.54) is 0 Å². The summed E-state index contributed by atoms with van der Waals surface area (Å²) in [5.41, 5.74) is 4.41. The highest BCUT2D eigenvalue weighted by Crippen LogP contribution is 2.44. The molecule has 1 atom stereocenters. The van der Waals surface area contributed by atoms with Gasteiger partial charge in [0.15, 0.2) is 0 Å². The topological polar surface area (TPSA) is 146 Å². The van der Waals surface area contributed by atoms with Gasteiger partial charge in [0.1, 0.15) is 12.6 Å². The van der Waals surface area contributed by atoms with Crippen LogP contribution in [0.4, 0.5) is 10.7 Å². The summed E-state index contributed by atoms with van der Waals surface area (Å²) in [6.07, 6.45) is -0.560. The molecule has 0 bridgehead atoms. The summed E-state index contributed by atoms with van der Waals surface area (Å²) < 4.78 is 5.40. The van der Waals surface area contributed by atoms with Crippen LogP contribution in [0, 0.1) is 0 Å². The lowest BCUT2D eigenvalue weighted by atomic mass is 9.98. The minimum absolute atomic E-state index is 0.0939. The Morgan fingerprint density at radius 2 is 1.72 bits per heavy atom. The van der Waals surface area contributed by atoms with Crippen molar-refractivity contribution < 1.29 is 24.2 Å². The third-order valence-electron chi connectivity index (χ3n) is 5.27. The molecule has 2 amide bonds. The van der Waals surface area contributed by atoms with Gasteiger partial charge in [0.25, 0.3) is 11.9 Å². The van der Waals surface area contributed by atoms with Gasteiger partial charge >= 0.3 is 12.1 Å². The lowest BCUT2D eigenvalue weighted by Gasteiger charge is -2.13. The van der Waals surface area contributed by atoms with Crippen molar-refractivity contribution in [3.63, 3.8) is 0 Å². The SMILES string of the molecule is CC[C@@H](NC(=O)c1nc(NC(=O)OCC2c3ccccc3-c3ccccc32)n[nH]1)C(=O)O. The van der Waals surface area contributed by atoms with Gasteiger partial charge in [-0.3, -0.25) is 15.2 Å². The molecule has 164 valence electrons. The monoisotopic (exact) mass is 435 g/mol. The van der Waals surface area contributed by atoms with Gasteiger partial charge in [-0.2, -0.15) is 4.98 Å². The summed E-state index contributed by atoms with van der Waals surface area (Å²) in [6.45, 7) is 1.75. The van der Waals surface area contributed by atoms with E-state index >= 15 is 0 Å². The summed E-state index contributed by atoms with van der Waals surface area (Å²) in [4.78, 5) is 39.3. The number of nitrogens with one attached hydrogen (secondary N) is 3. The lowest BCUT2D eigenvalue weighted by molar-refractivity contribution is -0.139. The normalized spacial score (nSPS) is 13.0. The van der Waals surface area contributed by atoms with Crippen molar-refractivity contribution in [2.45, 2.75) is 25.3 Å². The Bertz CT molecular complexity index is 1130. The number of amides is 2. The molecule has 0 fully saturated rings. The highest BCUT2D eigenvalue weighted by molar-refractivity contribution is 5.94. The summed E-state index contributed by atoms with van der Waals surface area (Å²) in [5.74, 6) is -2.37. The molecule has 0 spiro atoms. The summed E-state index contributed by atoms with van der Waals surface area (Å²) in [6, 6.07) is 14.9. The summed E-state index contributed by atoms with van der Waals surface area (Å²) in [7, 11) is 0. The largest absolute Gasteiger partial charge is 0.480 e. The molecule has 1 heterocycles. The van der Waals surface area contributed by atoms with E-state index in [9.17, 15) is 14.4 Å². The second-order valence-electron chi connectivity index (χ2n) is 7.23. The highest BCUT2D eigenvalue weighted by atomic mass is 16.5. The van der Waals surface area contributed by atoms with Crippen LogP contribution >= 0.6 is 0 Å². The van der Waals surface area contributed by atoms with Crippen molar-refractivity contribution in [2.24, 2.45) is 0 Å². The zero-order chi connectivity index (χ0) is 22.7. The van der Waals surface area contributed by atoms with Crippen LogP contribution in [0.5, 0.6) is 0 Å². The number of hydrogen-bond donors (Lipinski definition) is 4. The van der Waals surface area contributed by atoms with E-state index in [2.05, 4.69) is 25.8 Å². The third kappa shape index (κ3) is 4.15. The number of anilines is 1. The molecule has 1 aliphatic rings. The molecule has 0 radical (unpaired) electrons. The van der Waals surface area contributed by atoms with Gasteiger partial charge in [0.2, 0.25) is 5.82 Å². The number of ether oxygens (including phenoxy) is 1. The van der Waals surface area contributed by atoms with Gasteiger partial charge in [-0.1, -0.05) is 55.5 Å². The average molecular weight is 435 g/mol. The number of fused-ring (bicyclic) bond motifs is 3. The number of rotatable bonds is 7. The molecule has 4 N–H and O–H groups in total. The first kappa shape index (κ1) is 21.0. The fourth-order valence-corrected chi connectivity index (χ4v) is 3.71. The Morgan fingerprint density at radius 3 is 2.31 bits per heavy atom. The van der Waals surface area contributed by atoms with Crippen molar-refractivity contribution in [3.05, 3.63) is 65.5 Å². The van der Waals surface area contributed by atoms with Crippen molar-refractivity contribution in [3.8, 4) is 11.1 Å². The molecule has 10 nitrogen and oxygen atoms in total. The molecule has 0 unspecified atom stereocenters. The van der Waals surface area contributed by atoms with Gasteiger partial charge in [0.05, 0.1) is 0 Å². The molecular weight excluding hydrogens is 414 g/mol. The third-order valence-corrected chi connectivity index (χ3v) is 5.27. The Labute approximate surface area is 183 Å². The number of hydrogen-bond acceptors (Lipinski definition) is 6. The van der Waals surface area contributed by atoms with Crippen LogP contribution in [0.2, 0.25) is 0 Å². The first-order chi connectivity index (χ1) is 15.5. The van der Waals surface area contributed by atoms with E-state index in [1.807, 2.05) is 48.5 Å². The zero-order valence-corrected chi connectivity index (χ0v) is 17.2. The van der Waals surface area contributed by atoms with Crippen LogP contribution in [-0.4, -0.2) is 50.9 Å². The van der Waals surface area contributed by atoms with Gasteiger partial charge in [-0.05, 0) is 28.7 Å². The average Bonchev–Trinajstić information content (AvgIpc) is 3.38. The Kier molecular flexibility index (Phi) is 5.84. The van der Waals surface area contributed by atoms with Crippen LogP contribution in [0.25, 0.3) is 11.1 Å². The molecule has 1 aromatic heterocycles. The molecule has 10 heteroatoms. The number of aliphatic carboxylic acids is 1. The number of carbonyl (C=O) groups excluding carboxylic acids is 2. The zero-order valence-electron chi connectivity index (χ0n) is 17.2. The van der Waals surface area contributed by atoms with Crippen molar-refractivity contribution >= 4 is 23.9 Å². The van der Waals surface area contributed by atoms with Crippen LogP contribution in [-0.2, 0) is 9.53 Å². The molecule has 4 rings (SSSR count). The van der Waals surface area contributed by atoms with Gasteiger partial charge in [0, 0.05) is 5.92 Å². The van der Waals surface area contributed by atoms with E-state index in [0.29, 0.717) is 0 Å². The fraction of sp³-hybridized carbons (Fsp3) is 0.227. The molecule has 2 aromatic carbocycles. The predicted molar refractivity (Wildman–Crippen MR) is 114 cm³/mol. The number of H-pyrrole nitrogens is 1. The number of carboxylic acid groups (broad SMARTS) is 1.